The van der Waals surface area contributed by atoms with Gasteiger partial charge in [0.25, 0.3) is 0 Å². The SMILES string of the molecule is Cc1ccc(-c2oc3cc(C)ccc3c(=O)c2OC(C)C(=O)O)cc1. The monoisotopic (exact) mass is 338 g/mol. The first kappa shape index (κ1) is 16.8. The zero-order valence-corrected chi connectivity index (χ0v) is 14.2. The Morgan fingerprint density at radius 2 is 1.72 bits per heavy atom. The number of aliphatic carboxylic acids is 1. The molecule has 0 saturated carbocycles. The lowest BCUT2D eigenvalue weighted by molar-refractivity contribution is -0.144. The third kappa shape index (κ3) is 3.26. The van der Waals surface area contributed by atoms with Gasteiger partial charge < -0.3 is 14.3 Å². The van der Waals surface area contributed by atoms with E-state index in [9.17, 15) is 9.59 Å². The van der Waals surface area contributed by atoms with E-state index in [2.05, 4.69) is 0 Å². The third-order valence-corrected chi connectivity index (χ3v) is 3.96. The van der Waals surface area contributed by atoms with Crippen molar-refractivity contribution in [3.05, 3.63) is 63.8 Å². The van der Waals surface area contributed by atoms with Crippen LogP contribution in [0.15, 0.2) is 51.7 Å². The van der Waals surface area contributed by atoms with Gasteiger partial charge in [-0.25, -0.2) is 4.79 Å². The first-order valence-electron chi connectivity index (χ1n) is 7.91. The summed E-state index contributed by atoms with van der Waals surface area (Å²) in [5.74, 6) is -1.01. The Hall–Kier alpha value is -3.08. The second-order valence-electron chi connectivity index (χ2n) is 6.05. The summed E-state index contributed by atoms with van der Waals surface area (Å²) >= 11 is 0. The first-order chi connectivity index (χ1) is 11.9. The molecule has 1 aromatic heterocycles. The molecular weight excluding hydrogens is 320 g/mol. The van der Waals surface area contributed by atoms with Crippen LogP contribution >= 0.6 is 0 Å². The number of carboxylic acids is 1. The lowest BCUT2D eigenvalue weighted by Gasteiger charge is -2.14. The molecule has 5 heteroatoms. The summed E-state index contributed by atoms with van der Waals surface area (Å²) in [4.78, 5) is 24.0. The van der Waals surface area contributed by atoms with Crippen molar-refractivity contribution in [2.24, 2.45) is 0 Å². The van der Waals surface area contributed by atoms with Gasteiger partial charge in [0.1, 0.15) is 5.58 Å². The lowest BCUT2D eigenvalue weighted by atomic mass is 10.1. The molecule has 0 aliphatic rings. The van der Waals surface area contributed by atoms with Crippen molar-refractivity contribution in [1.29, 1.82) is 0 Å². The molecule has 25 heavy (non-hydrogen) atoms. The van der Waals surface area contributed by atoms with Crippen LogP contribution in [0.25, 0.3) is 22.3 Å². The maximum Gasteiger partial charge on any atom is 0.344 e. The van der Waals surface area contributed by atoms with Crippen molar-refractivity contribution in [3.63, 3.8) is 0 Å². The van der Waals surface area contributed by atoms with Gasteiger partial charge in [-0.15, -0.1) is 0 Å². The van der Waals surface area contributed by atoms with E-state index in [0.717, 1.165) is 11.1 Å². The quantitative estimate of drug-likeness (QED) is 0.780. The Morgan fingerprint density at radius 1 is 1.08 bits per heavy atom. The molecule has 1 unspecified atom stereocenters. The molecular formula is C20H18O5. The van der Waals surface area contributed by atoms with Gasteiger partial charge in [0.2, 0.25) is 11.2 Å². The highest BCUT2D eigenvalue weighted by Crippen LogP contribution is 2.32. The first-order valence-corrected chi connectivity index (χ1v) is 7.91. The zero-order chi connectivity index (χ0) is 18.1. The fourth-order valence-electron chi connectivity index (χ4n) is 2.51. The van der Waals surface area contributed by atoms with E-state index in [-0.39, 0.29) is 16.9 Å². The van der Waals surface area contributed by atoms with E-state index in [1.807, 2.05) is 38.1 Å². The third-order valence-electron chi connectivity index (χ3n) is 3.96. The molecule has 2 aromatic carbocycles. The number of rotatable bonds is 4. The van der Waals surface area contributed by atoms with E-state index < -0.39 is 12.1 Å². The summed E-state index contributed by atoms with van der Waals surface area (Å²) in [7, 11) is 0. The van der Waals surface area contributed by atoms with Crippen LogP contribution in [-0.4, -0.2) is 17.2 Å². The molecule has 1 atom stereocenters. The van der Waals surface area contributed by atoms with Gasteiger partial charge >= 0.3 is 5.97 Å². The molecule has 1 N–H and O–H groups in total. The number of aryl methyl sites for hydroxylation is 2. The molecule has 1 heterocycles. The highest BCUT2D eigenvalue weighted by atomic mass is 16.5. The summed E-state index contributed by atoms with van der Waals surface area (Å²) in [5, 5.41) is 9.48. The molecule has 0 bridgehead atoms. The molecule has 5 nitrogen and oxygen atoms in total. The highest BCUT2D eigenvalue weighted by molar-refractivity contribution is 5.83. The molecule has 0 aliphatic heterocycles. The molecule has 0 aliphatic carbocycles. The van der Waals surface area contributed by atoms with Crippen LogP contribution in [0.2, 0.25) is 0 Å². The Kier molecular flexibility index (Phi) is 4.31. The molecule has 0 fully saturated rings. The number of benzene rings is 2. The van der Waals surface area contributed by atoms with E-state index in [0.29, 0.717) is 16.5 Å². The van der Waals surface area contributed by atoms with Crippen LogP contribution in [0.5, 0.6) is 5.75 Å². The maximum atomic E-state index is 12.9. The van der Waals surface area contributed by atoms with Crippen molar-refractivity contribution in [1.82, 2.24) is 0 Å². The maximum absolute atomic E-state index is 12.9. The smallest absolute Gasteiger partial charge is 0.344 e. The van der Waals surface area contributed by atoms with Gasteiger partial charge in [-0.3, -0.25) is 4.79 Å². The lowest BCUT2D eigenvalue weighted by Crippen LogP contribution is -2.26. The highest BCUT2D eigenvalue weighted by Gasteiger charge is 2.22. The molecule has 3 aromatic rings. The van der Waals surface area contributed by atoms with Crippen LogP contribution in [0.3, 0.4) is 0 Å². The topological polar surface area (TPSA) is 76.7 Å². The Bertz CT molecular complexity index is 999. The van der Waals surface area contributed by atoms with Gasteiger partial charge in [0.15, 0.2) is 11.9 Å². The summed E-state index contributed by atoms with van der Waals surface area (Å²) in [6.07, 6.45) is -1.17. The number of hydrogen-bond acceptors (Lipinski definition) is 4. The van der Waals surface area contributed by atoms with Crippen molar-refractivity contribution in [2.75, 3.05) is 0 Å². The van der Waals surface area contributed by atoms with Gasteiger partial charge in [-0.05, 0) is 38.5 Å². The second kappa shape index (κ2) is 6.43. The minimum absolute atomic E-state index is 0.0879. The van der Waals surface area contributed by atoms with Gasteiger partial charge in [-0.2, -0.15) is 0 Å². The normalized spacial score (nSPS) is 12.1. The molecule has 3 rings (SSSR count). The fraction of sp³-hybridized carbons (Fsp3) is 0.200. The van der Waals surface area contributed by atoms with Crippen LogP contribution in [-0.2, 0) is 4.79 Å². The van der Waals surface area contributed by atoms with Crippen molar-refractivity contribution in [3.8, 4) is 17.1 Å². The predicted octanol–water partition coefficient (Wildman–Crippen LogP) is 3.93. The van der Waals surface area contributed by atoms with Gasteiger partial charge in [0.05, 0.1) is 5.39 Å². The fourth-order valence-corrected chi connectivity index (χ4v) is 2.51. The Morgan fingerprint density at radius 3 is 2.36 bits per heavy atom. The summed E-state index contributed by atoms with van der Waals surface area (Å²) in [6, 6.07) is 12.6. The van der Waals surface area contributed by atoms with Crippen LogP contribution in [0.4, 0.5) is 0 Å². The number of carboxylic acid groups (broad SMARTS) is 1. The van der Waals surface area contributed by atoms with E-state index in [1.165, 1.54) is 6.92 Å². The van der Waals surface area contributed by atoms with E-state index in [1.54, 1.807) is 18.2 Å². The molecule has 0 saturated heterocycles. The minimum Gasteiger partial charge on any atom is -0.479 e. The molecule has 128 valence electrons. The van der Waals surface area contributed by atoms with E-state index >= 15 is 0 Å². The molecule has 0 radical (unpaired) electrons. The van der Waals surface area contributed by atoms with Crippen molar-refractivity contribution in [2.45, 2.75) is 26.9 Å². The van der Waals surface area contributed by atoms with Crippen LogP contribution in [0, 0.1) is 13.8 Å². The number of ether oxygens (including phenoxy) is 1. The molecule has 0 amide bonds. The second-order valence-corrected chi connectivity index (χ2v) is 6.05. The van der Waals surface area contributed by atoms with Crippen molar-refractivity contribution >= 4 is 16.9 Å². The summed E-state index contributed by atoms with van der Waals surface area (Å²) in [6.45, 7) is 5.23. The Balaban J connectivity index is 2.29. The average molecular weight is 338 g/mol. The van der Waals surface area contributed by atoms with Gasteiger partial charge in [0, 0.05) is 5.56 Å². The average Bonchev–Trinajstić information content (AvgIpc) is 2.57. The minimum atomic E-state index is -1.17. The standard InChI is InChI=1S/C20H18O5/c1-11-4-7-14(8-5-11)18-19(24-13(3)20(22)23)17(21)15-9-6-12(2)10-16(15)25-18/h4-10,13H,1-3H3,(H,22,23). The van der Waals surface area contributed by atoms with Crippen LogP contribution in [0.1, 0.15) is 18.1 Å². The van der Waals surface area contributed by atoms with Gasteiger partial charge in [-0.1, -0.05) is 35.9 Å². The Labute approximate surface area is 144 Å². The number of hydrogen-bond donors (Lipinski definition) is 1. The number of carbonyl (C=O) groups is 1. The summed E-state index contributed by atoms with van der Waals surface area (Å²) in [5.41, 5.74) is 2.72. The largest absolute Gasteiger partial charge is 0.479 e. The van der Waals surface area contributed by atoms with Crippen molar-refractivity contribution < 1.29 is 19.1 Å². The predicted molar refractivity (Wildman–Crippen MR) is 95.1 cm³/mol. The zero-order valence-electron chi connectivity index (χ0n) is 14.2. The summed E-state index contributed by atoms with van der Waals surface area (Å²) < 4.78 is 11.4. The number of fused-ring (bicyclic) bond motifs is 1. The van der Waals surface area contributed by atoms with E-state index in [4.69, 9.17) is 14.3 Å². The molecule has 0 spiro atoms. The van der Waals surface area contributed by atoms with Crippen LogP contribution < -0.4 is 10.2 Å².